The van der Waals surface area contributed by atoms with Gasteiger partial charge in [0.2, 0.25) is 0 Å². The Hall–Kier alpha value is -1.42. The summed E-state index contributed by atoms with van der Waals surface area (Å²) in [6.07, 6.45) is -2.83. The van der Waals surface area contributed by atoms with Gasteiger partial charge < -0.3 is 15.3 Å². The van der Waals surface area contributed by atoms with Crippen molar-refractivity contribution in [1.82, 2.24) is 0 Å². The number of aliphatic hydroxyl groups excluding tert-OH is 2. The Morgan fingerprint density at radius 2 is 2.20 bits per heavy atom. The third-order valence-electron chi connectivity index (χ3n) is 1.91. The molecular formula is C9H9NO4S. The molecule has 3 N–H and O–H groups in total. The second-order valence-electron chi connectivity index (χ2n) is 2.92. The molecule has 1 heterocycles. The second kappa shape index (κ2) is 4.89. The maximum atomic E-state index is 10.7. The monoisotopic (exact) mass is 227 g/mol. The molecule has 5 nitrogen and oxygen atoms in total. The lowest BCUT2D eigenvalue weighted by atomic mass is 10.0. The molecule has 0 aliphatic carbocycles. The molecule has 2 atom stereocenters. The standard InChI is InChI=1S/C9H9NO4S/c10-2-1-7(11)8(12)5-3-15-4-6(5)9(13)14/h3-4,7-8,11-12H,1H2,(H,13,14). The van der Waals surface area contributed by atoms with Gasteiger partial charge in [0.1, 0.15) is 6.10 Å². The van der Waals surface area contributed by atoms with Crippen LogP contribution in [0, 0.1) is 11.3 Å². The lowest BCUT2D eigenvalue weighted by Crippen LogP contribution is -2.19. The number of carboxylic acid groups (broad SMARTS) is 1. The van der Waals surface area contributed by atoms with Crippen molar-refractivity contribution in [3.05, 3.63) is 21.9 Å². The van der Waals surface area contributed by atoms with Crippen LogP contribution in [-0.2, 0) is 0 Å². The van der Waals surface area contributed by atoms with Crippen LogP contribution < -0.4 is 0 Å². The first-order chi connectivity index (χ1) is 7.07. The predicted octanol–water partition coefficient (Wildman–Crippen LogP) is 0.754. The number of aromatic carboxylic acids is 1. The SMILES string of the molecule is N#CCC(O)C(O)c1cscc1C(=O)O. The molecule has 0 fully saturated rings. The molecule has 0 aromatic carbocycles. The maximum absolute atomic E-state index is 10.7. The topological polar surface area (TPSA) is 102 Å². The van der Waals surface area contributed by atoms with E-state index in [0.717, 1.165) is 11.3 Å². The molecule has 0 amide bonds. The molecule has 1 aromatic heterocycles. The number of hydrogen-bond acceptors (Lipinski definition) is 5. The van der Waals surface area contributed by atoms with E-state index in [1.54, 1.807) is 6.07 Å². The zero-order chi connectivity index (χ0) is 11.4. The van der Waals surface area contributed by atoms with Crippen molar-refractivity contribution < 1.29 is 20.1 Å². The summed E-state index contributed by atoms with van der Waals surface area (Å²) in [5.74, 6) is -1.16. The molecule has 6 heteroatoms. The van der Waals surface area contributed by atoms with E-state index in [-0.39, 0.29) is 17.5 Å². The number of carboxylic acids is 1. The van der Waals surface area contributed by atoms with Gasteiger partial charge in [-0.25, -0.2) is 4.79 Å². The number of carbonyl (C=O) groups is 1. The van der Waals surface area contributed by atoms with Gasteiger partial charge in [0, 0.05) is 10.9 Å². The van der Waals surface area contributed by atoms with Crippen molar-refractivity contribution in [3.63, 3.8) is 0 Å². The summed E-state index contributed by atoms with van der Waals surface area (Å²) in [5.41, 5.74) is 0.111. The number of hydrogen-bond donors (Lipinski definition) is 3. The lowest BCUT2D eigenvalue weighted by molar-refractivity contribution is 0.0208. The van der Waals surface area contributed by atoms with Crippen LogP contribution in [-0.4, -0.2) is 27.4 Å². The number of rotatable bonds is 4. The fraction of sp³-hybridized carbons (Fsp3) is 0.333. The van der Waals surface area contributed by atoms with Gasteiger partial charge in [-0.3, -0.25) is 0 Å². The quantitative estimate of drug-likeness (QED) is 0.704. The number of nitrogens with zero attached hydrogens (tertiary/aromatic N) is 1. The first-order valence-corrected chi connectivity index (χ1v) is 5.04. The van der Waals surface area contributed by atoms with E-state index >= 15 is 0 Å². The lowest BCUT2D eigenvalue weighted by Gasteiger charge is -2.14. The van der Waals surface area contributed by atoms with Crippen LogP contribution >= 0.6 is 11.3 Å². The van der Waals surface area contributed by atoms with E-state index in [4.69, 9.17) is 10.4 Å². The summed E-state index contributed by atoms with van der Waals surface area (Å²) in [6.45, 7) is 0. The molecule has 80 valence electrons. The predicted molar refractivity (Wildman–Crippen MR) is 52.5 cm³/mol. The van der Waals surface area contributed by atoms with Crippen LogP contribution in [0.25, 0.3) is 0 Å². The van der Waals surface area contributed by atoms with Crippen LogP contribution in [0.2, 0.25) is 0 Å². The number of thiophene rings is 1. The molecule has 0 radical (unpaired) electrons. The number of nitriles is 1. The Kier molecular flexibility index (Phi) is 3.80. The highest BCUT2D eigenvalue weighted by Gasteiger charge is 2.24. The van der Waals surface area contributed by atoms with Crippen molar-refractivity contribution in [2.24, 2.45) is 0 Å². The van der Waals surface area contributed by atoms with Crippen molar-refractivity contribution in [2.45, 2.75) is 18.6 Å². The minimum Gasteiger partial charge on any atom is -0.478 e. The van der Waals surface area contributed by atoms with E-state index in [0.29, 0.717) is 0 Å². The molecule has 0 aliphatic heterocycles. The first kappa shape index (κ1) is 11.7. The average Bonchev–Trinajstić information content (AvgIpc) is 2.65. The highest BCUT2D eigenvalue weighted by molar-refractivity contribution is 7.08. The van der Waals surface area contributed by atoms with Gasteiger partial charge >= 0.3 is 5.97 Å². The van der Waals surface area contributed by atoms with Crippen molar-refractivity contribution in [3.8, 4) is 6.07 Å². The molecule has 1 aromatic rings. The van der Waals surface area contributed by atoms with E-state index in [9.17, 15) is 15.0 Å². The number of aliphatic hydroxyl groups is 2. The van der Waals surface area contributed by atoms with Gasteiger partial charge in [-0.15, -0.1) is 0 Å². The fourth-order valence-corrected chi connectivity index (χ4v) is 1.98. The Bertz CT molecular complexity index is 395. The Balaban J connectivity index is 2.91. The average molecular weight is 227 g/mol. The van der Waals surface area contributed by atoms with E-state index < -0.39 is 18.2 Å². The van der Waals surface area contributed by atoms with E-state index in [2.05, 4.69) is 0 Å². The van der Waals surface area contributed by atoms with Crippen LogP contribution in [0.4, 0.5) is 0 Å². The van der Waals surface area contributed by atoms with Crippen LogP contribution in [0.3, 0.4) is 0 Å². The fourth-order valence-electron chi connectivity index (χ4n) is 1.12. The van der Waals surface area contributed by atoms with Gasteiger partial charge in [0.05, 0.1) is 24.2 Å². The maximum Gasteiger partial charge on any atom is 0.336 e. The van der Waals surface area contributed by atoms with Gasteiger partial charge in [-0.2, -0.15) is 16.6 Å². The summed E-state index contributed by atoms with van der Waals surface area (Å²) in [7, 11) is 0. The second-order valence-corrected chi connectivity index (χ2v) is 3.66. The summed E-state index contributed by atoms with van der Waals surface area (Å²) in [6, 6.07) is 1.70. The zero-order valence-corrected chi connectivity index (χ0v) is 8.44. The summed E-state index contributed by atoms with van der Waals surface area (Å²) >= 11 is 1.12. The van der Waals surface area contributed by atoms with E-state index in [1.807, 2.05) is 0 Å². The molecular weight excluding hydrogens is 218 g/mol. The van der Waals surface area contributed by atoms with Gasteiger partial charge in [0.25, 0.3) is 0 Å². The molecule has 1 rings (SSSR count). The van der Waals surface area contributed by atoms with Crippen molar-refractivity contribution in [2.75, 3.05) is 0 Å². The molecule has 0 bridgehead atoms. The normalized spacial score (nSPS) is 14.2. The smallest absolute Gasteiger partial charge is 0.336 e. The Morgan fingerprint density at radius 1 is 1.53 bits per heavy atom. The van der Waals surface area contributed by atoms with Crippen LogP contribution in [0.1, 0.15) is 28.4 Å². The molecule has 2 unspecified atom stereocenters. The van der Waals surface area contributed by atoms with Crippen molar-refractivity contribution >= 4 is 17.3 Å². The first-order valence-electron chi connectivity index (χ1n) is 4.10. The summed E-state index contributed by atoms with van der Waals surface area (Å²) in [5, 5.41) is 38.8. The highest BCUT2D eigenvalue weighted by Crippen LogP contribution is 2.26. The molecule has 0 saturated heterocycles. The van der Waals surface area contributed by atoms with Crippen LogP contribution in [0.5, 0.6) is 0 Å². The minimum atomic E-state index is -1.33. The third-order valence-corrected chi connectivity index (χ3v) is 2.67. The molecule has 0 aliphatic rings. The molecule has 0 saturated carbocycles. The Labute approximate surface area is 89.8 Å². The van der Waals surface area contributed by atoms with Crippen LogP contribution in [0.15, 0.2) is 10.8 Å². The largest absolute Gasteiger partial charge is 0.478 e. The summed E-state index contributed by atoms with van der Waals surface area (Å²) < 4.78 is 0. The van der Waals surface area contributed by atoms with Crippen molar-refractivity contribution in [1.29, 1.82) is 5.26 Å². The van der Waals surface area contributed by atoms with Gasteiger partial charge in [-0.05, 0) is 5.38 Å². The third kappa shape index (κ3) is 2.53. The summed E-state index contributed by atoms with van der Waals surface area (Å²) in [4.78, 5) is 10.7. The minimum absolute atomic E-state index is 0.0375. The molecule has 15 heavy (non-hydrogen) atoms. The zero-order valence-electron chi connectivity index (χ0n) is 7.62. The Morgan fingerprint density at radius 3 is 2.73 bits per heavy atom. The van der Waals surface area contributed by atoms with E-state index in [1.165, 1.54) is 10.8 Å². The highest BCUT2D eigenvalue weighted by atomic mass is 32.1. The van der Waals surface area contributed by atoms with Gasteiger partial charge in [-0.1, -0.05) is 0 Å². The molecule has 0 spiro atoms. The van der Waals surface area contributed by atoms with Gasteiger partial charge in [0.15, 0.2) is 0 Å².